The Morgan fingerprint density at radius 2 is 0.755 bits per heavy atom. The van der Waals surface area contributed by atoms with Crippen molar-refractivity contribution in [2.24, 2.45) is 0 Å². The molecule has 0 atom stereocenters. The van der Waals surface area contributed by atoms with Crippen molar-refractivity contribution in [2.45, 2.75) is 0 Å². The summed E-state index contributed by atoms with van der Waals surface area (Å²) >= 11 is 0. The van der Waals surface area contributed by atoms with Gasteiger partial charge in [-0.15, -0.1) is 0 Å². The average Bonchev–Trinajstić information content (AvgIpc) is 3.18. The van der Waals surface area contributed by atoms with E-state index < -0.39 is 0 Å². The smallest absolute Gasteiger partial charge is 0.0467 e. The predicted octanol–water partition coefficient (Wildman–Crippen LogP) is 13.6. The molecule has 1 heteroatoms. The number of benzene rings is 9. The number of fused-ring (bicyclic) bond motifs is 5. The highest BCUT2D eigenvalue weighted by Crippen LogP contribution is 2.42. The summed E-state index contributed by atoms with van der Waals surface area (Å²) in [6, 6.07) is 72.3. The maximum Gasteiger partial charge on any atom is 0.0467 e. The first-order chi connectivity index (χ1) is 24.3. The quantitative estimate of drug-likeness (QED) is 0.167. The highest BCUT2D eigenvalue weighted by Gasteiger charge is 2.16. The molecule has 0 fully saturated rings. The number of hydrogen-bond donors (Lipinski definition) is 0. The van der Waals surface area contributed by atoms with Gasteiger partial charge in [-0.3, -0.25) is 0 Å². The van der Waals surface area contributed by atoms with Crippen LogP contribution in [0.2, 0.25) is 0 Å². The van der Waals surface area contributed by atoms with Crippen LogP contribution < -0.4 is 4.90 Å². The van der Waals surface area contributed by atoms with E-state index in [1.807, 2.05) is 0 Å². The summed E-state index contributed by atoms with van der Waals surface area (Å²) in [4.78, 5) is 2.36. The second-order valence-corrected chi connectivity index (χ2v) is 12.5. The lowest BCUT2D eigenvalue weighted by molar-refractivity contribution is 1.28. The minimum atomic E-state index is 1.11. The second kappa shape index (κ2) is 12.3. The van der Waals surface area contributed by atoms with Gasteiger partial charge in [-0.1, -0.05) is 164 Å². The Bertz CT molecular complexity index is 2580. The Balaban J connectivity index is 1.18. The average molecular weight is 624 g/mol. The first kappa shape index (κ1) is 28.8. The first-order valence-corrected chi connectivity index (χ1v) is 16.9. The van der Waals surface area contributed by atoms with Crippen LogP contribution in [0.1, 0.15) is 0 Å². The Hall–Kier alpha value is -6.44. The summed E-state index contributed by atoms with van der Waals surface area (Å²) in [6.07, 6.45) is 0. The van der Waals surface area contributed by atoms with Gasteiger partial charge < -0.3 is 4.90 Å². The molecule has 0 spiro atoms. The summed E-state index contributed by atoms with van der Waals surface area (Å²) < 4.78 is 0. The maximum absolute atomic E-state index is 2.36. The molecule has 49 heavy (non-hydrogen) atoms. The molecule has 0 aromatic heterocycles. The van der Waals surface area contributed by atoms with E-state index in [1.165, 1.54) is 65.7 Å². The van der Waals surface area contributed by atoms with Crippen molar-refractivity contribution in [1.29, 1.82) is 0 Å². The Kier molecular flexibility index (Phi) is 7.22. The van der Waals surface area contributed by atoms with Gasteiger partial charge in [-0.25, -0.2) is 0 Å². The van der Waals surface area contributed by atoms with E-state index in [1.54, 1.807) is 0 Å². The molecule has 9 aromatic carbocycles. The van der Waals surface area contributed by atoms with Crippen LogP contribution in [0.3, 0.4) is 0 Å². The zero-order chi connectivity index (χ0) is 32.6. The van der Waals surface area contributed by atoms with Crippen LogP contribution in [0.25, 0.3) is 65.7 Å². The van der Waals surface area contributed by atoms with Crippen LogP contribution in [0, 0.1) is 0 Å². The fourth-order valence-electron chi connectivity index (χ4n) is 7.35. The van der Waals surface area contributed by atoms with Gasteiger partial charge in [0, 0.05) is 17.1 Å². The molecular formula is C48H33N. The fraction of sp³-hybridized carbons (Fsp3) is 0. The van der Waals surface area contributed by atoms with E-state index >= 15 is 0 Å². The topological polar surface area (TPSA) is 3.24 Å². The monoisotopic (exact) mass is 623 g/mol. The summed E-state index contributed by atoms with van der Waals surface area (Å²) in [6.45, 7) is 0. The lowest BCUT2D eigenvalue weighted by Crippen LogP contribution is -2.09. The second-order valence-electron chi connectivity index (χ2n) is 12.5. The summed E-state index contributed by atoms with van der Waals surface area (Å²) in [7, 11) is 0. The van der Waals surface area contributed by atoms with E-state index in [4.69, 9.17) is 0 Å². The van der Waals surface area contributed by atoms with Crippen LogP contribution >= 0.6 is 0 Å². The van der Waals surface area contributed by atoms with Crippen molar-refractivity contribution in [3.63, 3.8) is 0 Å². The maximum atomic E-state index is 2.36. The Morgan fingerprint density at radius 3 is 1.51 bits per heavy atom. The molecular weight excluding hydrogens is 591 g/mol. The molecule has 0 unspecified atom stereocenters. The molecule has 0 aliphatic heterocycles. The summed E-state index contributed by atoms with van der Waals surface area (Å²) in [5.74, 6) is 0. The van der Waals surface area contributed by atoms with Crippen LogP contribution in [0.15, 0.2) is 200 Å². The molecule has 0 aliphatic rings. The van der Waals surface area contributed by atoms with E-state index in [9.17, 15) is 0 Å². The van der Waals surface area contributed by atoms with Crippen LogP contribution in [0.4, 0.5) is 17.1 Å². The molecule has 0 radical (unpaired) electrons. The van der Waals surface area contributed by atoms with Crippen molar-refractivity contribution in [1.82, 2.24) is 0 Å². The third-order valence-electron chi connectivity index (χ3n) is 9.63. The van der Waals surface area contributed by atoms with Gasteiger partial charge in [0.15, 0.2) is 0 Å². The number of nitrogens with zero attached hydrogens (tertiary/aromatic N) is 1. The van der Waals surface area contributed by atoms with Crippen LogP contribution in [-0.2, 0) is 0 Å². The number of hydrogen-bond acceptors (Lipinski definition) is 1. The first-order valence-electron chi connectivity index (χ1n) is 16.9. The summed E-state index contributed by atoms with van der Waals surface area (Å²) in [5, 5.41) is 7.66. The molecule has 0 aliphatic carbocycles. The van der Waals surface area contributed by atoms with Crippen molar-refractivity contribution < 1.29 is 0 Å². The number of anilines is 3. The molecule has 0 heterocycles. The van der Waals surface area contributed by atoms with Crippen LogP contribution in [-0.4, -0.2) is 0 Å². The fourth-order valence-corrected chi connectivity index (χ4v) is 7.35. The van der Waals surface area contributed by atoms with Gasteiger partial charge in [-0.2, -0.15) is 0 Å². The normalized spacial score (nSPS) is 11.3. The highest BCUT2D eigenvalue weighted by atomic mass is 15.1. The van der Waals surface area contributed by atoms with Gasteiger partial charge in [0.05, 0.1) is 0 Å². The van der Waals surface area contributed by atoms with Crippen molar-refractivity contribution >= 4 is 49.4 Å². The predicted molar refractivity (Wildman–Crippen MR) is 210 cm³/mol. The highest BCUT2D eigenvalue weighted by molar-refractivity contribution is 6.24. The van der Waals surface area contributed by atoms with Crippen LogP contribution in [0.5, 0.6) is 0 Å². The van der Waals surface area contributed by atoms with E-state index in [-0.39, 0.29) is 0 Å². The van der Waals surface area contributed by atoms with Crippen molar-refractivity contribution in [3.05, 3.63) is 200 Å². The van der Waals surface area contributed by atoms with Gasteiger partial charge >= 0.3 is 0 Å². The molecule has 0 bridgehead atoms. The molecule has 9 rings (SSSR count). The minimum absolute atomic E-state index is 1.11. The zero-order valence-electron chi connectivity index (χ0n) is 27.0. The zero-order valence-corrected chi connectivity index (χ0v) is 27.0. The lowest BCUT2D eigenvalue weighted by Gasteiger charge is -2.26. The standard InChI is InChI=1S/C48H33N/c1-3-13-34(14-4-1)43-21-9-10-22-44(43)36-29-31-41(32-30-36)49(40-18-5-2-6-19-40)42-20-11-17-39(33-42)46-24-12-16-37-27-28-38-26-25-35-15-7-8-23-45(35)48(38)47(37)46/h1-33H. The third kappa shape index (κ3) is 5.23. The lowest BCUT2D eigenvalue weighted by atomic mass is 9.91. The molecule has 0 saturated carbocycles. The number of rotatable bonds is 6. The molecule has 9 aromatic rings. The van der Waals surface area contributed by atoms with E-state index in [0.29, 0.717) is 0 Å². The molecule has 1 nitrogen and oxygen atoms in total. The van der Waals surface area contributed by atoms with Crippen molar-refractivity contribution in [2.75, 3.05) is 4.90 Å². The third-order valence-corrected chi connectivity index (χ3v) is 9.63. The largest absolute Gasteiger partial charge is 0.310 e. The molecule has 0 amide bonds. The van der Waals surface area contributed by atoms with E-state index in [0.717, 1.165) is 17.1 Å². The molecule has 0 saturated heterocycles. The van der Waals surface area contributed by atoms with Gasteiger partial charge in [-0.05, 0) is 102 Å². The minimum Gasteiger partial charge on any atom is -0.310 e. The van der Waals surface area contributed by atoms with Gasteiger partial charge in [0.1, 0.15) is 0 Å². The van der Waals surface area contributed by atoms with Gasteiger partial charge in [0.2, 0.25) is 0 Å². The summed E-state index contributed by atoms with van der Waals surface area (Å²) in [5.41, 5.74) is 10.6. The SMILES string of the molecule is c1ccc(-c2ccccc2-c2ccc(N(c3ccccc3)c3cccc(-c4cccc5ccc6ccc7ccccc7c6c45)c3)cc2)cc1. The Morgan fingerprint density at radius 1 is 0.265 bits per heavy atom. The van der Waals surface area contributed by atoms with Gasteiger partial charge in [0.25, 0.3) is 0 Å². The molecule has 0 N–H and O–H groups in total. The van der Waals surface area contributed by atoms with E-state index in [2.05, 4.69) is 205 Å². The number of para-hydroxylation sites is 1. The molecule has 230 valence electrons. The van der Waals surface area contributed by atoms with Crippen molar-refractivity contribution in [3.8, 4) is 33.4 Å². The Labute approximate surface area is 287 Å².